The van der Waals surface area contributed by atoms with E-state index < -0.39 is 5.97 Å². The van der Waals surface area contributed by atoms with Crippen LogP contribution in [-0.4, -0.2) is 11.1 Å². The Hall–Kier alpha value is -0.530. The topological polar surface area (TPSA) is 37.3 Å². The molecule has 1 N–H and O–H groups in total. The molecule has 0 spiro atoms. The van der Waals surface area contributed by atoms with E-state index in [1.165, 1.54) is 38.5 Å². The predicted octanol–water partition coefficient (Wildman–Crippen LogP) is 3.70. The molecule has 0 amide bonds. The van der Waals surface area contributed by atoms with Gasteiger partial charge in [-0.05, 0) is 68.1 Å². The summed E-state index contributed by atoms with van der Waals surface area (Å²) in [7, 11) is 0. The van der Waals surface area contributed by atoms with E-state index in [1.807, 2.05) is 0 Å². The third kappa shape index (κ3) is 1.80. The molecule has 4 aliphatic carbocycles. The highest BCUT2D eigenvalue weighted by Gasteiger charge is 2.55. The van der Waals surface area contributed by atoms with Crippen LogP contribution in [0.2, 0.25) is 0 Å². The average Bonchev–Trinajstić information content (AvgIpc) is 2.23. The first kappa shape index (κ1) is 11.6. The molecule has 4 aliphatic rings. The van der Waals surface area contributed by atoms with E-state index in [2.05, 4.69) is 6.92 Å². The quantitative estimate of drug-likeness (QED) is 0.808. The van der Waals surface area contributed by atoms with Crippen molar-refractivity contribution in [2.45, 2.75) is 58.3 Å². The molecule has 1 unspecified atom stereocenters. The van der Waals surface area contributed by atoms with E-state index >= 15 is 0 Å². The van der Waals surface area contributed by atoms with E-state index in [0.717, 1.165) is 30.6 Å². The van der Waals surface area contributed by atoms with E-state index in [9.17, 15) is 9.90 Å². The third-order valence-electron chi connectivity index (χ3n) is 5.70. The Morgan fingerprint density at radius 1 is 1.18 bits per heavy atom. The second-order valence-electron chi connectivity index (χ2n) is 6.96. The fourth-order valence-electron chi connectivity index (χ4n) is 5.58. The largest absolute Gasteiger partial charge is 0.481 e. The van der Waals surface area contributed by atoms with E-state index in [-0.39, 0.29) is 11.3 Å². The van der Waals surface area contributed by atoms with Crippen LogP contribution in [0.5, 0.6) is 0 Å². The zero-order chi connectivity index (χ0) is 12.0. The van der Waals surface area contributed by atoms with Gasteiger partial charge < -0.3 is 5.11 Å². The summed E-state index contributed by atoms with van der Waals surface area (Å²) in [5.74, 6) is 2.01. The summed E-state index contributed by atoms with van der Waals surface area (Å²) >= 11 is 0. The maximum Gasteiger partial charge on any atom is 0.307 e. The van der Waals surface area contributed by atoms with Crippen LogP contribution in [0.15, 0.2) is 0 Å². The molecule has 4 bridgehead atoms. The van der Waals surface area contributed by atoms with Gasteiger partial charge in [0.1, 0.15) is 0 Å². The average molecular weight is 236 g/mol. The van der Waals surface area contributed by atoms with E-state index in [0.29, 0.717) is 0 Å². The van der Waals surface area contributed by atoms with Gasteiger partial charge in [-0.3, -0.25) is 4.79 Å². The molecule has 0 aromatic heterocycles. The smallest absolute Gasteiger partial charge is 0.307 e. The van der Waals surface area contributed by atoms with Gasteiger partial charge in [0.25, 0.3) is 0 Å². The number of hydrogen-bond donors (Lipinski definition) is 1. The lowest BCUT2D eigenvalue weighted by atomic mass is 9.46. The number of rotatable bonds is 4. The lowest BCUT2D eigenvalue weighted by molar-refractivity contribution is -0.158. The van der Waals surface area contributed by atoms with Crippen LogP contribution in [0.1, 0.15) is 58.3 Å². The number of carboxylic acids is 1. The lowest BCUT2D eigenvalue weighted by Gasteiger charge is -2.58. The van der Waals surface area contributed by atoms with Crippen molar-refractivity contribution in [2.75, 3.05) is 0 Å². The Morgan fingerprint density at radius 2 is 1.65 bits per heavy atom. The van der Waals surface area contributed by atoms with Gasteiger partial charge in [-0.2, -0.15) is 0 Å². The molecule has 0 aliphatic heterocycles. The van der Waals surface area contributed by atoms with Gasteiger partial charge >= 0.3 is 5.97 Å². The second kappa shape index (κ2) is 4.00. The van der Waals surface area contributed by atoms with Crippen molar-refractivity contribution in [3.05, 3.63) is 0 Å². The van der Waals surface area contributed by atoms with Gasteiger partial charge in [-0.15, -0.1) is 0 Å². The summed E-state index contributed by atoms with van der Waals surface area (Å²) < 4.78 is 0. The van der Waals surface area contributed by atoms with Crippen molar-refractivity contribution < 1.29 is 9.90 Å². The van der Waals surface area contributed by atoms with Crippen LogP contribution in [0.4, 0.5) is 0 Å². The molecule has 1 atom stereocenters. The number of aliphatic carboxylic acids is 1. The maximum atomic E-state index is 11.6. The molecule has 0 heterocycles. The molecule has 17 heavy (non-hydrogen) atoms. The molecule has 0 aromatic carbocycles. The Morgan fingerprint density at radius 3 is 2.00 bits per heavy atom. The van der Waals surface area contributed by atoms with E-state index in [1.54, 1.807) is 0 Å². The summed E-state index contributed by atoms with van der Waals surface area (Å²) in [6.45, 7) is 2.12. The third-order valence-corrected chi connectivity index (χ3v) is 5.70. The van der Waals surface area contributed by atoms with Gasteiger partial charge in [-0.1, -0.05) is 13.3 Å². The minimum Gasteiger partial charge on any atom is -0.481 e. The van der Waals surface area contributed by atoms with Gasteiger partial charge in [0.05, 0.1) is 5.92 Å². The fourth-order valence-corrected chi connectivity index (χ4v) is 5.58. The van der Waals surface area contributed by atoms with Crippen molar-refractivity contribution >= 4 is 5.97 Å². The molecule has 2 heteroatoms. The van der Waals surface area contributed by atoms with Crippen LogP contribution in [0, 0.1) is 29.1 Å². The normalized spacial score (nSPS) is 44.9. The summed E-state index contributed by atoms with van der Waals surface area (Å²) in [5, 5.41) is 9.56. The minimum atomic E-state index is -0.520. The Balaban J connectivity index is 1.87. The van der Waals surface area contributed by atoms with E-state index in [4.69, 9.17) is 0 Å². The zero-order valence-electron chi connectivity index (χ0n) is 10.8. The standard InChI is InChI=1S/C15H24O2/c1-2-3-13(14(16)17)15-7-10-4-11(8-15)6-12(5-10)9-15/h10-13H,2-9H2,1H3,(H,16,17). The highest BCUT2D eigenvalue weighted by Crippen LogP contribution is 2.63. The van der Waals surface area contributed by atoms with Crippen molar-refractivity contribution in [3.63, 3.8) is 0 Å². The Bertz CT molecular complexity index is 286. The van der Waals surface area contributed by atoms with Gasteiger partial charge in [0, 0.05) is 0 Å². The van der Waals surface area contributed by atoms with Gasteiger partial charge in [-0.25, -0.2) is 0 Å². The molecular weight excluding hydrogens is 212 g/mol. The molecular formula is C15H24O2. The molecule has 0 saturated heterocycles. The van der Waals surface area contributed by atoms with Crippen molar-refractivity contribution in [2.24, 2.45) is 29.1 Å². The minimum absolute atomic E-state index is 0.0547. The first-order chi connectivity index (χ1) is 8.13. The second-order valence-corrected chi connectivity index (χ2v) is 6.96. The highest BCUT2D eigenvalue weighted by molar-refractivity contribution is 5.71. The van der Waals surface area contributed by atoms with Crippen molar-refractivity contribution in [1.82, 2.24) is 0 Å². The van der Waals surface area contributed by atoms with Crippen LogP contribution in [-0.2, 0) is 4.79 Å². The molecule has 4 rings (SSSR count). The molecule has 0 aromatic rings. The number of carboxylic acid groups (broad SMARTS) is 1. The van der Waals surface area contributed by atoms with Crippen LogP contribution in [0.3, 0.4) is 0 Å². The monoisotopic (exact) mass is 236 g/mol. The van der Waals surface area contributed by atoms with Crippen LogP contribution < -0.4 is 0 Å². The summed E-state index contributed by atoms with van der Waals surface area (Å²) in [4.78, 5) is 11.6. The molecule has 0 radical (unpaired) electrons. The first-order valence-corrected chi connectivity index (χ1v) is 7.36. The van der Waals surface area contributed by atoms with Gasteiger partial charge in [0.15, 0.2) is 0 Å². The first-order valence-electron chi connectivity index (χ1n) is 7.36. The number of hydrogen-bond acceptors (Lipinski definition) is 1. The molecule has 4 fully saturated rings. The molecule has 96 valence electrons. The summed E-state index contributed by atoms with van der Waals surface area (Å²) in [5.41, 5.74) is 0.191. The summed E-state index contributed by atoms with van der Waals surface area (Å²) in [6, 6.07) is 0. The molecule has 4 saturated carbocycles. The Kier molecular flexibility index (Phi) is 2.72. The highest BCUT2D eigenvalue weighted by atomic mass is 16.4. The van der Waals surface area contributed by atoms with Crippen molar-refractivity contribution in [1.29, 1.82) is 0 Å². The zero-order valence-corrected chi connectivity index (χ0v) is 10.8. The maximum absolute atomic E-state index is 11.6. The Labute approximate surface area is 104 Å². The van der Waals surface area contributed by atoms with Gasteiger partial charge in [0.2, 0.25) is 0 Å². The summed E-state index contributed by atoms with van der Waals surface area (Å²) in [6.07, 6.45) is 9.76. The van der Waals surface area contributed by atoms with Crippen LogP contribution in [0.25, 0.3) is 0 Å². The van der Waals surface area contributed by atoms with Crippen molar-refractivity contribution in [3.8, 4) is 0 Å². The number of carbonyl (C=O) groups is 1. The fraction of sp³-hybridized carbons (Fsp3) is 0.933. The van der Waals surface area contributed by atoms with Crippen LogP contribution >= 0.6 is 0 Å². The molecule has 2 nitrogen and oxygen atoms in total. The lowest BCUT2D eigenvalue weighted by Crippen LogP contribution is -2.51. The predicted molar refractivity (Wildman–Crippen MR) is 66.6 cm³/mol. The SMILES string of the molecule is CCCC(C(=O)O)C12CC3CC(CC(C3)C1)C2.